The molecule has 0 bridgehead atoms. The fourth-order valence-corrected chi connectivity index (χ4v) is 3.13. The maximum atomic E-state index is 4.46. The molecule has 0 spiro atoms. The molecule has 1 atom stereocenters. The summed E-state index contributed by atoms with van der Waals surface area (Å²) in [6, 6.07) is 6.59. The number of nitrogens with zero attached hydrogens (tertiary/aromatic N) is 2. The van der Waals surface area contributed by atoms with E-state index in [4.69, 9.17) is 0 Å². The zero-order valence-electron chi connectivity index (χ0n) is 12.0. The van der Waals surface area contributed by atoms with Gasteiger partial charge < -0.3 is 5.32 Å². The van der Waals surface area contributed by atoms with Crippen molar-refractivity contribution in [2.45, 2.75) is 32.9 Å². The van der Waals surface area contributed by atoms with Crippen molar-refractivity contribution in [1.29, 1.82) is 0 Å². The molecule has 0 aliphatic heterocycles. The first-order chi connectivity index (χ1) is 9.58. The summed E-state index contributed by atoms with van der Waals surface area (Å²) in [5.41, 5.74) is 3.66. The van der Waals surface area contributed by atoms with Gasteiger partial charge in [0.15, 0.2) is 0 Å². The Kier molecular flexibility index (Phi) is 5.41. The third-order valence-electron chi connectivity index (χ3n) is 3.35. The van der Waals surface area contributed by atoms with Crippen LogP contribution in [0.25, 0.3) is 0 Å². The Labute approximate surface area is 137 Å². The SMILES string of the molecule is CCCn1ncc(Br)c1C(NC)c1ccc(Br)c(C)c1. The fraction of sp³-hybridized carbons (Fsp3) is 0.400. The number of rotatable bonds is 5. The lowest BCUT2D eigenvalue weighted by Crippen LogP contribution is -2.22. The Balaban J connectivity index is 2.46. The Hall–Kier alpha value is -0.650. The molecule has 2 aromatic rings. The van der Waals surface area contributed by atoms with Gasteiger partial charge in [0.1, 0.15) is 0 Å². The second-order valence-electron chi connectivity index (χ2n) is 4.83. The lowest BCUT2D eigenvalue weighted by molar-refractivity contribution is 0.533. The molecule has 0 amide bonds. The minimum absolute atomic E-state index is 0.130. The van der Waals surface area contributed by atoms with Crippen LogP contribution >= 0.6 is 31.9 Å². The van der Waals surface area contributed by atoms with Gasteiger partial charge >= 0.3 is 0 Å². The second kappa shape index (κ2) is 6.87. The van der Waals surface area contributed by atoms with Gasteiger partial charge in [-0.3, -0.25) is 4.68 Å². The molecule has 1 aromatic heterocycles. The Morgan fingerprint density at radius 3 is 2.65 bits per heavy atom. The fourth-order valence-electron chi connectivity index (χ4n) is 2.36. The number of benzene rings is 1. The van der Waals surface area contributed by atoms with Crippen LogP contribution in [0.1, 0.15) is 36.2 Å². The molecule has 1 N–H and O–H groups in total. The van der Waals surface area contributed by atoms with Crippen LogP contribution in [0.5, 0.6) is 0 Å². The first-order valence-electron chi connectivity index (χ1n) is 6.73. The third-order valence-corrected chi connectivity index (χ3v) is 4.85. The van der Waals surface area contributed by atoms with Crippen LogP contribution in [-0.2, 0) is 6.54 Å². The van der Waals surface area contributed by atoms with Crippen molar-refractivity contribution in [3.63, 3.8) is 0 Å². The van der Waals surface area contributed by atoms with E-state index in [0.717, 1.165) is 21.9 Å². The first-order valence-corrected chi connectivity index (χ1v) is 8.31. The lowest BCUT2D eigenvalue weighted by Gasteiger charge is -2.20. The molecule has 20 heavy (non-hydrogen) atoms. The number of aromatic nitrogens is 2. The van der Waals surface area contributed by atoms with Gasteiger partial charge in [-0.05, 0) is 53.5 Å². The van der Waals surface area contributed by atoms with Gasteiger partial charge in [0, 0.05) is 11.0 Å². The minimum atomic E-state index is 0.130. The molecule has 0 saturated carbocycles. The van der Waals surface area contributed by atoms with Gasteiger partial charge in [-0.25, -0.2) is 0 Å². The second-order valence-corrected chi connectivity index (χ2v) is 6.54. The molecule has 108 valence electrons. The van der Waals surface area contributed by atoms with Gasteiger partial charge in [0.05, 0.1) is 22.4 Å². The molecule has 3 nitrogen and oxygen atoms in total. The molecular formula is C15H19Br2N3. The monoisotopic (exact) mass is 399 g/mol. The van der Waals surface area contributed by atoms with Crippen molar-refractivity contribution in [1.82, 2.24) is 15.1 Å². The van der Waals surface area contributed by atoms with Crippen LogP contribution in [0, 0.1) is 6.92 Å². The van der Waals surface area contributed by atoms with E-state index in [1.807, 2.05) is 13.2 Å². The highest BCUT2D eigenvalue weighted by atomic mass is 79.9. The molecule has 1 heterocycles. The summed E-state index contributed by atoms with van der Waals surface area (Å²) in [7, 11) is 1.98. The number of aryl methyl sites for hydroxylation is 2. The summed E-state index contributed by atoms with van der Waals surface area (Å²) < 4.78 is 4.26. The standard InChI is InChI=1S/C15H19Br2N3/c1-4-7-20-15(13(17)9-19-20)14(18-3)11-5-6-12(16)10(2)8-11/h5-6,8-9,14,18H,4,7H2,1-3H3. The van der Waals surface area contributed by atoms with E-state index < -0.39 is 0 Å². The number of halogens is 2. The summed E-state index contributed by atoms with van der Waals surface area (Å²) in [5, 5.41) is 7.86. The largest absolute Gasteiger partial charge is 0.308 e. The van der Waals surface area contributed by atoms with E-state index in [0.29, 0.717) is 0 Å². The van der Waals surface area contributed by atoms with Gasteiger partial charge in [-0.15, -0.1) is 0 Å². The maximum absolute atomic E-state index is 4.46. The van der Waals surface area contributed by atoms with E-state index >= 15 is 0 Å². The van der Waals surface area contributed by atoms with Crippen molar-refractivity contribution >= 4 is 31.9 Å². The molecule has 1 unspecified atom stereocenters. The van der Waals surface area contributed by atoms with Crippen LogP contribution < -0.4 is 5.32 Å². The normalized spacial score (nSPS) is 12.7. The van der Waals surface area contributed by atoms with Crippen molar-refractivity contribution in [3.05, 3.63) is 50.2 Å². The predicted octanol–water partition coefficient (Wildman–Crippen LogP) is 4.44. The lowest BCUT2D eigenvalue weighted by atomic mass is 10.0. The molecule has 0 aliphatic rings. The van der Waals surface area contributed by atoms with Crippen molar-refractivity contribution in [3.8, 4) is 0 Å². The van der Waals surface area contributed by atoms with Crippen molar-refractivity contribution < 1.29 is 0 Å². The Morgan fingerprint density at radius 2 is 2.05 bits per heavy atom. The van der Waals surface area contributed by atoms with Crippen molar-refractivity contribution in [2.24, 2.45) is 0 Å². The molecule has 0 radical (unpaired) electrons. The minimum Gasteiger partial charge on any atom is -0.308 e. The number of hydrogen-bond donors (Lipinski definition) is 1. The Bertz CT molecular complexity index is 593. The average molecular weight is 401 g/mol. The van der Waals surface area contributed by atoms with E-state index in [1.54, 1.807) is 0 Å². The van der Waals surface area contributed by atoms with Crippen molar-refractivity contribution in [2.75, 3.05) is 7.05 Å². The van der Waals surface area contributed by atoms with Gasteiger partial charge in [-0.2, -0.15) is 5.10 Å². The molecule has 0 saturated heterocycles. The molecule has 0 aliphatic carbocycles. The molecule has 2 rings (SSSR count). The van der Waals surface area contributed by atoms with E-state index in [-0.39, 0.29) is 6.04 Å². The third kappa shape index (κ3) is 3.15. The summed E-state index contributed by atoms with van der Waals surface area (Å²) in [6.45, 7) is 5.20. The highest BCUT2D eigenvalue weighted by Crippen LogP contribution is 2.30. The predicted molar refractivity (Wildman–Crippen MR) is 90.0 cm³/mol. The van der Waals surface area contributed by atoms with Gasteiger partial charge in [0.2, 0.25) is 0 Å². The van der Waals surface area contributed by atoms with Crippen LogP contribution in [-0.4, -0.2) is 16.8 Å². The van der Waals surface area contributed by atoms with Crippen LogP contribution in [0.2, 0.25) is 0 Å². The summed E-state index contributed by atoms with van der Waals surface area (Å²) in [4.78, 5) is 0. The van der Waals surface area contributed by atoms with Crippen LogP contribution in [0.15, 0.2) is 33.3 Å². The van der Waals surface area contributed by atoms with Gasteiger partial charge in [-0.1, -0.05) is 35.0 Å². The van der Waals surface area contributed by atoms with Gasteiger partial charge in [0.25, 0.3) is 0 Å². The highest BCUT2D eigenvalue weighted by molar-refractivity contribution is 9.10. The molecule has 1 aromatic carbocycles. The summed E-state index contributed by atoms with van der Waals surface area (Å²) >= 11 is 7.18. The Morgan fingerprint density at radius 1 is 1.30 bits per heavy atom. The topological polar surface area (TPSA) is 29.9 Å². The maximum Gasteiger partial charge on any atom is 0.0757 e. The summed E-state index contributed by atoms with van der Waals surface area (Å²) in [5.74, 6) is 0. The average Bonchev–Trinajstić information content (AvgIpc) is 2.77. The van der Waals surface area contributed by atoms with Crippen LogP contribution in [0.4, 0.5) is 0 Å². The zero-order chi connectivity index (χ0) is 14.7. The number of nitrogens with one attached hydrogen (secondary N) is 1. The van der Waals surface area contributed by atoms with Crippen LogP contribution in [0.3, 0.4) is 0 Å². The van der Waals surface area contributed by atoms with E-state index in [1.165, 1.54) is 16.8 Å². The first kappa shape index (κ1) is 15.7. The highest BCUT2D eigenvalue weighted by Gasteiger charge is 2.20. The van der Waals surface area contributed by atoms with E-state index in [9.17, 15) is 0 Å². The molecular weight excluding hydrogens is 382 g/mol. The van der Waals surface area contributed by atoms with E-state index in [2.05, 4.69) is 79.0 Å². The zero-order valence-corrected chi connectivity index (χ0v) is 15.1. The summed E-state index contributed by atoms with van der Waals surface area (Å²) in [6.07, 6.45) is 2.94. The molecule has 0 fully saturated rings. The quantitative estimate of drug-likeness (QED) is 0.804. The smallest absolute Gasteiger partial charge is 0.0757 e. The molecule has 5 heteroatoms. The number of hydrogen-bond acceptors (Lipinski definition) is 2.